The summed E-state index contributed by atoms with van der Waals surface area (Å²) in [6.45, 7) is 1.80. The van der Waals surface area contributed by atoms with E-state index in [9.17, 15) is 13.0 Å². The summed E-state index contributed by atoms with van der Waals surface area (Å²) in [5, 5.41) is 10.5. The Balaban J connectivity index is 0.00000200. The van der Waals surface area contributed by atoms with Crippen LogP contribution < -0.4 is 34.3 Å². The van der Waals surface area contributed by atoms with Crippen molar-refractivity contribution in [2.45, 2.75) is 17.9 Å². The summed E-state index contributed by atoms with van der Waals surface area (Å²) < 4.78 is 38.1. The van der Waals surface area contributed by atoms with Crippen LogP contribution in [0.15, 0.2) is 41.3 Å². The molecule has 0 fully saturated rings. The zero-order chi connectivity index (χ0) is 14.0. The SMILES string of the molecule is CC(O)COc1ccc2cc(S(=O)(=O)[O-])ccc2c1.[Na+]. The summed E-state index contributed by atoms with van der Waals surface area (Å²) in [6, 6.07) is 9.20. The van der Waals surface area contributed by atoms with E-state index >= 15 is 0 Å². The predicted octanol–water partition coefficient (Wildman–Crippen LogP) is -1.49. The molecule has 102 valence electrons. The first kappa shape index (κ1) is 17.4. The second kappa shape index (κ2) is 6.89. The zero-order valence-corrected chi connectivity index (χ0v) is 14.1. The van der Waals surface area contributed by atoms with Gasteiger partial charge < -0.3 is 14.4 Å². The second-order valence-corrected chi connectivity index (χ2v) is 5.66. The van der Waals surface area contributed by atoms with Gasteiger partial charge in [-0.05, 0) is 42.0 Å². The smallest absolute Gasteiger partial charge is 0.744 e. The van der Waals surface area contributed by atoms with Crippen molar-refractivity contribution in [2.75, 3.05) is 6.61 Å². The van der Waals surface area contributed by atoms with E-state index in [-0.39, 0.29) is 41.1 Å². The van der Waals surface area contributed by atoms with Gasteiger partial charge in [-0.3, -0.25) is 0 Å². The van der Waals surface area contributed by atoms with Crippen molar-refractivity contribution in [2.24, 2.45) is 0 Å². The number of rotatable bonds is 4. The summed E-state index contributed by atoms with van der Waals surface area (Å²) in [4.78, 5) is -0.252. The van der Waals surface area contributed by atoms with Crippen molar-refractivity contribution in [1.29, 1.82) is 0 Å². The predicted molar refractivity (Wildman–Crippen MR) is 69.1 cm³/mol. The fourth-order valence-corrected chi connectivity index (χ4v) is 2.17. The molecule has 20 heavy (non-hydrogen) atoms. The van der Waals surface area contributed by atoms with Gasteiger partial charge in [-0.15, -0.1) is 0 Å². The van der Waals surface area contributed by atoms with Crippen LogP contribution in [0, 0.1) is 0 Å². The number of aliphatic hydroxyl groups excluding tert-OH is 1. The molecule has 5 nitrogen and oxygen atoms in total. The van der Waals surface area contributed by atoms with Crippen LogP contribution in [0.2, 0.25) is 0 Å². The third-order valence-electron chi connectivity index (χ3n) is 2.56. The first-order chi connectivity index (χ1) is 8.86. The average molecular weight is 304 g/mol. The van der Waals surface area contributed by atoms with Gasteiger partial charge >= 0.3 is 29.6 Å². The molecule has 0 spiro atoms. The van der Waals surface area contributed by atoms with E-state index < -0.39 is 16.2 Å². The van der Waals surface area contributed by atoms with E-state index in [4.69, 9.17) is 9.84 Å². The molecule has 0 radical (unpaired) electrons. The van der Waals surface area contributed by atoms with Gasteiger partial charge in [0.05, 0.1) is 11.0 Å². The fourth-order valence-electron chi connectivity index (χ4n) is 1.66. The molecule has 0 saturated carbocycles. The van der Waals surface area contributed by atoms with Gasteiger partial charge in [-0.2, -0.15) is 0 Å². The molecule has 1 unspecified atom stereocenters. The van der Waals surface area contributed by atoms with Crippen LogP contribution in [0.4, 0.5) is 0 Å². The van der Waals surface area contributed by atoms with Crippen molar-refractivity contribution in [3.63, 3.8) is 0 Å². The van der Waals surface area contributed by atoms with E-state index in [0.29, 0.717) is 11.1 Å². The second-order valence-electron chi connectivity index (χ2n) is 4.28. The van der Waals surface area contributed by atoms with Gasteiger partial charge in [-0.1, -0.05) is 12.1 Å². The summed E-state index contributed by atoms with van der Waals surface area (Å²) in [5.74, 6) is 0.575. The Labute approximate surface area is 139 Å². The number of hydrogen-bond donors (Lipinski definition) is 1. The van der Waals surface area contributed by atoms with E-state index in [1.54, 1.807) is 31.2 Å². The van der Waals surface area contributed by atoms with Crippen molar-refractivity contribution in [1.82, 2.24) is 0 Å². The largest absolute Gasteiger partial charge is 1.00 e. The first-order valence-electron chi connectivity index (χ1n) is 5.67. The van der Waals surface area contributed by atoms with Crippen molar-refractivity contribution >= 4 is 20.9 Å². The van der Waals surface area contributed by atoms with E-state index in [0.717, 1.165) is 5.39 Å². The Morgan fingerprint density at radius 1 is 1.20 bits per heavy atom. The molecule has 0 bridgehead atoms. The molecular formula is C13H13NaO5S. The van der Waals surface area contributed by atoms with Crippen LogP contribution in [0.25, 0.3) is 10.8 Å². The van der Waals surface area contributed by atoms with Crippen LogP contribution in [0.1, 0.15) is 6.92 Å². The molecule has 0 aliphatic carbocycles. The average Bonchev–Trinajstić information content (AvgIpc) is 2.34. The molecule has 1 N–H and O–H groups in total. The summed E-state index contributed by atoms with van der Waals surface area (Å²) in [6.07, 6.45) is -0.566. The minimum absolute atomic E-state index is 0. The molecule has 2 aromatic carbocycles. The zero-order valence-electron chi connectivity index (χ0n) is 11.2. The minimum Gasteiger partial charge on any atom is -0.744 e. The fraction of sp³-hybridized carbons (Fsp3) is 0.231. The third-order valence-corrected chi connectivity index (χ3v) is 3.39. The maximum Gasteiger partial charge on any atom is 1.00 e. The number of benzene rings is 2. The molecule has 0 aliphatic rings. The Kier molecular flexibility index (Phi) is 6.00. The van der Waals surface area contributed by atoms with Gasteiger partial charge in [0, 0.05) is 0 Å². The number of hydrogen-bond acceptors (Lipinski definition) is 5. The Morgan fingerprint density at radius 3 is 2.40 bits per heavy atom. The van der Waals surface area contributed by atoms with Crippen LogP contribution in [-0.4, -0.2) is 30.8 Å². The molecule has 2 aromatic rings. The van der Waals surface area contributed by atoms with Crippen LogP contribution in [0.3, 0.4) is 0 Å². The monoisotopic (exact) mass is 304 g/mol. The van der Waals surface area contributed by atoms with Crippen molar-refractivity contribution in [3.8, 4) is 5.75 Å². The normalized spacial score (nSPS) is 12.8. The third kappa shape index (κ3) is 4.44. The van der Waals surface area contributed by atoms with Crippen LogP contribution in [0.5, 0.6) is 5.75 Å². The van der Waals surface area contributed by atoms with E-state index in [2.05, 4.69) is 0 Å². The molecular weight excluding hydrogens is 291 g/mol. The van der Waals surface area contributed by atoms with Gasteiger partial charge in [0.1, 0.15) is 22.5 Å². The summed E-state index contributed by atoms with van der Waals surface area (Å²) >= 11 is 0. The Hall–Kier alpha value is -0.630. The standard InChI is InChI=1S/C13H14O5S.Na/c1-9(14)8-18-12-4-2-11-7-13(19(15,16)17)5-3-10(11)6-12;/h2-7,9,14H,8H2,1H3,(H,15,16,17);/q;+1/p-1. The van der Waals surface area contributed by atoms with Crippen LogP contribution >= 0.6 is 0 Å². The van der Waals surface area contributed by atoms with Crippen molar-refractivity contribution in [3.05, 3.63) is 36.4 Å². The van der Waals surface area contributed by atoms with Gasteiger partial charge in [0.2, 0.25) is 0 Å². The molecule has 1 atom stereocenters. The first-order valence-corrected chi connectivity index (χ1v) is 7.08. The number of fused-ring (bicyclic) bond motifs is 1. The van der Waals surface area contributed by atoms with Gasteiger partial charge in [0.15, 0.2) is 0 Å². The number of aliphatic hydroxyl groups is 1. The summed E-state index contributed by atoms with van der Waals surface area (Å²) in [7, 11) is -4.44. The molecule has 0 amide bonds. The molecule has 0 saturated heterocycles. The minimum atomic E-state index is -4.44. The van der Waals surface area contributed by atoms with Gasteiger partial charge in [0.25, 0.3) is 0 Å². The molecule has 0 heterocycles. The van der Waals surface area contributed by atoms with Crippen molar-refractivity contribution < 1.29 is 52.4 Å². The topological polar surface area (TPSA) is 86.7 Å². The molecule has 0 aromatic heterocycles. The van der Waals surface area contributed by atoms with Crippen LogP contribution in [-0.2, 0) is 10.1 Å². The maximum absolute atomic E-state index is 10.9. The van der Waals surface area contributed by atoms with Gasteiger partial charge in [-0.25, -0.2) is 8.42 Å². The molecule has 7 heteroatoms. The molecule has 2 rings (SSSR count). The Bertz CT molecular complexity index is 697. The number of ether oxygens (including phenoxy) is 1. The molecule has 0 aliphatic heterocycles. The van der Waals surface area contributed by atoms with E-state index in [1.807, 2.05) is 0 Å². The Morgan fingerprint density at radius 2 is 1.80 bits per heavy atom. The quantitative estimate of drug-likeness (QED) is 0.549. The summed E-state index contributed by atoms with van der Waals surface area (Å²) in [5.41, 5.74) is 0. The maximum atomic E-state index is 10.9. The van der Waals surface area contributed by atoms with E-state index in [1.165, 1.54) is 12.1 Å².